The van der Waals surface area contributed by atoms with E-state index in [0.717, 1.165) is 34.1 Å². The van der Waals surface area contributed by atoms with Crippen LogP contribution in [0.2, 0.25) is 0 Å². The number of sulfone groups is 1. The topological polar surface area (TPSA) is 59.1 Å². The minimum Gasteiger partial charge on any atom is -0.354 e. The Labute approximate surface area is 177 Å². The number of hydrogen-bond donors (Lipinski definition) is 1. The molecule has 0 aliphatic heterocycles. The van der Waals surface area contributed by atoms with Gasteiger partial charge in [0.2, 0.25) is 9.84 Å². The van der Waals surface area contributed by atoms with E-state index < -0.39 is 9.84 Å². The molecule has 0 spiro atoms. The van der Waals surface area contributed by atoms with E-state index in [0.29, 0.717) is 5.69 Å². The quantitative estimate of drug-likeness (QED) is 0.434. The van der Waals surface area contributed by atoms with Crippen molar-refractivity contribution in [2.24, 2.45) is 0 Å². The van der Waals surface area contributed by atoms with Crippen LogP contribution in [0.3, 0.4) is 0 Å². The maximum absolute atomic E-state index is 13.5. The number of anilines is 2. The molecule has 4 nitrogen and oxygen atoms in total. The minimum absolute atomic E-state index is 0.170. The summed E-state index contributed by atoms with van der Waals surface area (Å²) in [6, 6.07) is 20.6. The van der Waals surface area contributed by atoms with E-state index in [1.165, 1.54) is 11.8 Å². The van der Waals surface area contributed by atoms with Crippen LogP contribution in [-0.4, -0.2) is 13.4 Å². The Morgan fingerprint density at radius 1 is 0.900 bits per heavy atom. The summed E-state index contributed by atoms with van der Waals surface area (Å²) in [5.74, 6) is 0. The first kappa shape index (κ1) is 20.1. The van der Waals surface area contributed by atoms with Crippen molar-refractivity contribution in [1.82, 2.24) is 4.98 Å². The Morgan fingerprint density at radius 2 is 1.63 bits per heavy atom. The Balaban J connectivity index is 1.90. The molecule has 1 N–H and O–H groups in total. The lowest BCUT2D eigenvalue weighted by Crippen LogP contribution is -2.07. The van der Waals surface area contributed by atoms with Gasteiger partial charge in [-0.05, 0) is 67.3 Å². The van der Waals surface area contributed by atoms with Gasteiger partial charge >= 0.3 is 0 Å². The van der Waals surface area contributed by atoms with Gasteiger partial charge in [-0.25, -0.2) is 8.42 Å². The maximum atomic E-state index is 13.5. The molecule has 0 saturated carbocycles. The molecule has 1 heterocycles. The van der Waals surface area contributed by atoms with E-state index in [9.17, 15) is 8.42 Å². The molecule has 0 aliphatic carbocycles. The van der Waals surface area contributed by atoms with E-state index in [-0.39, 0.29) is 9.79 Å². The Hall–Kier alpha value is -3.18. The van der Waals surface area contributed by atoms with Crippen LogP contribution >= 0.6 is 0 Å². The zero-order chi connectivity index (χ0) is 21.3. The van der Waals surface area contributed by atoms with Crippen molar-refractivity contribution in [3.63, 3.8) is 0 Å². The van der Waals surface area contributed by atoms with Crippen molar-refractivity contribution < 1.29 is 8.42 Å². The lowest BCUT2D eigenvalue weighted by atomic mass is 10.1. The highest BCUT2D eigenvalue weighted by Gasteiger charge is 2.24. The second-order valence-electron chi connectivity index (χ2n) is 7.44. The fourth-order valence-corrected chi connectivity index (χ4v) is 4.82. The molecule has 0 atom stereocenters. The number of benzene rings is 3. The van der Waals surface area contributed by atoms with E-state index >= 15 is 0 Å². The molecule has 0 aliphatic rings. The largest absolute Gasteiger partial charge is 0.354 e. The average Bonchev–Trinajstić information content (AvgIpc) is 2.76. The third-order valence-electron chi connectivity index (χ3n) is 5.45. The van der Waals surface area contributed by atoms with Gasteiger partial charge < -0.3 is 5.32 Å². The number of para-hydroxylation sites is 1. The standard InChI is InChI=1S/C25H24N2O2S/c1-4-19-10-13-21(14-11-19)30(28,29)24-16-26-23-8-6-5-7-22(23)25(24)27-20-12-9-17(2)18(3)15-20/h5-16H,4H2,1-3H3,(H,26,27). The van der Waals surface area contributed by atoms with Gasteiger partial charge in [0.15, 0.2) is 0 Å². The van der Waals surface area contributed by atoms with E-state index in [1.807, 2.05) is 68.4 Å². The van der Waals surface area contributed by atoms with Crippen molar-refractivity contribution in [2.45, 2.75) is 37.0 Å². The highest BCUT2D eigenvalue weighted by atomic mass is 32.2. The summed E-state index contributed by atoms with van der Waals surface area (Å²) in [5.41, 5.74) is 5.54. The van der Waals surface area contributed by atoms with Crippen molar-refractivity contribution in [2.75, 3.05) is 5.32 Å². The van der Waals surface area contributed by atoms with Gasteiger partial charge in [0, 0.05) is 17.3 Å². The predicted octanol–water partition coefficient (Wildman–Crippen LogP) is 5.99. The van der Waals surface area contributed by atoms with Crippen LogP contribution in [0.15, 0.2) is 82.7 Å². The first-order valence-corrected chi connectivity index (χ1v) is 11.4. The van der Waals surface area contributed by atoms with Crippen LogP contribution < -0.4 is 5.32 Å². The van der Waals surface area contributed by atoms with E-state index in [4.69, 9.17) is 0 Å². The second-order valence-corrected chi connectivity index (χ2v) is 9.36. The molecule has 0 unspecified atom stereocenters. The number of nitrogens with one attached hydrogen (secondary N) is 1. The molecule has 1 aromatic heterocycles. The van der Waals surface area contributed by atoms with Crippen molar-refractivity contribution >= 4 is 32.1 Å². The Bertz CT molecular complexity index is 1330. The number of rotatable bonds is 5. The molecule has 0 amide bonds. The molecule has 4 rings (SSSR count). The number of fused-ring (bicyclic) bond motifs is 1. The number of aryl methyl sites for hydroxylation is 3. The zero-order valence-electron chi connectivity index (χ0n) is 17.3. The minimum atomic E-state index is -3.75. The van der Waals surface area contributed by atoms with Crippen molar-refractivity contribution in [3.8, 4) is 0 Å². The molecule has 0 saturated heterocycles. The third kappa shape index (κ3) is 3.68. The SMILES string of the molecule is CCc1ccc(S(=O)(=O)c2cnc3ccccc3c2Nc2ccc(C)c(C)c2)cc1. The van der Waals surface area contributed by atoms with Gasteiger partial charge in [-0.1, -0.05) is 43.3 Å². The molecule has 0 radical (unpaired) electrons. The number of aromatic nitrogens is 1. The van der Waals surface area contributed by atoms with Crippen LogP contribution in [0, 0.1) is 13.8 Å². The van der Waals surface area contributed by atoms with Gasteiger partial charge in [0.05, 0.1) is 16.1 Å². The fraction of sp³-hybridized carbons (Fsp3) is 0.160. The van der Waals surface area contributed by atoms with E-state index in [1.54, 1.807) is 12.1 Å². The normalized spacial score (nSPS) is 11.6. The highest BCUT2D eigenvalue weighted by Crippen LogP contribution is 2.35. The summed E-state index contributed by atoms with van der Waals surface area (Å²) < 4.78 is 27.1. The van der Waals surface area contributed by atoms with Crippen molar-refractivity contribution in [1.29, 1.82) is 0 Å². The van der Waals surface area contributed by atoms with Crippen LogP contribution in [0.4, 0.5) is 11.4 Å². The predicted molar refractivity (Wildman–Crippen MR) is 122 cm³/mol. The Kier molecular flexibility index (Phi) is 5.31. The number of hydrogen-bond acceptors (Lipinski definition) is 4. The van der Waals surface area contributed by atoms with Crippen LogP contribution in [0.25, 0.3) is 10.9 Å². The van der Waals surface area contributed by atoms with Gasteiger partial charge in [-0.15, -0.1) is 0 Å². The number of pyridine rings is 1. The first-order valence-electron chi connectivity index (χ1n) is 9.96. The molecular weight excluding hydrogens is 392 g/mol. The summed E-state index contributed by atoms with van der Waals surface area (Å²) in [4.78, 5) is 4.86. The third-order valence-corrected chi connectivity index (χ3v) is 7.23. The van der Waals surface area contributed by atoms with Crippen LogP contribution in [-0.2, 0) is 16.3 Å². The molecular formula is C25H24N2O2S. The van der Waals surface area contributed by atoms with Crippen LogP contribution in [0.1, 0.15) is 23.6 Å². The van der Waals surface area contributed by atoms with Gasteiger partial charge in [-0.3, -0.25) is 4.98 Å². The molecule has 0 bridgehead atoms. The molecule has 0 fully saturated rings. The fourth-order valence-electron chi connectivity index (χ4n) is 3.45. The molecule has 4 aromatic rings. The summed E-state index contributed by atoms with van der Waals surface area (Å²) >= 11 is 0. The van der Waals surface area contributed by atoms with Crippen LogP contribution in [0.5, 0.6) is 0 Å². The lowest BCUT2D eigenvalue weighted by Gasteiger charge is -2.16. The van der Waals surface area contributed by atoms with Gasteiger partial charge in [0.25, 0.3) is 0 Å². The lowest BCUT2D eigenvalue weighted by molar-refractivity contribution is 0.596. The molecule has 3 aromatic carbocycles. The highest BCUT2D eigenvalue weighted by molar-refractivity contribution is 7.91. The summed E-state index contributed by atoms with van der Waals surface area (Å²) in [6.45, 7) is 6.14. The summed E-state index contributed by atoms with van der Waals surface area (Å²) in [6.07, 6.45) is 2.31. The maximum Gasteiger partial charge on any atom is 0.210 e. The van der Waals surface area contributed by atoms with Gasteiger partial charge in [0.1, 0.15) is 4.90 Å². The second kappa shape index (κ2) is 7.92. The van der Waals surface area contributed by atoms with E-state index in [2.05, 4.69) is 17.2 Å². The number of nitrogens with zero attached hydrogens (tertiary/aromatic N) is 1. The van der Waals surface area contributed by atoms with Gasteiger partial charge in [-0.2, -0.15) is 0 Å². The monoisotopic (exact) mass is 416 g/mol. The molecule has 5 heteroatoms. The first-order chi connectivity index (χ1) is 14.4. The smallest absolute Gasteiger partial charge is 0.210 e. The average molecular weight is 417 g/mol. The zero-order valence-corrected chi connectivity index (χ0v) is 18.1. The molecule has 152 valence electrons. The molecule has 30 heavy (non-hydrogen) atoms. The summed E-state index contributed by atoms with van der Waals surface area (Å²) in [5, 5.41) is 4.13. The summed E-state index contributed by atoms with van der Waals surface area (Å²) in [7, 11) is -3.75. The van der Waals surface area contributed by atoms with Crippen molar-refractivity contribution in [3.05, 3.63) is 89.6 Å². The Morgan fingerprint density at radius 3 is 2.33 bits per heavy atom.